The van der Waals surface area contributed by atoms with Crippen molar-refractivity contribution in [2.75, 3.05) is 11.9 Å². The first-order valence-corrected chi connectivity index (χ1v) is 8.83. The fourth-order valence-electron chi connectivity index (χ4n) is 2.71. The average molecular weight is 311 g/mol. The van der Waals surface area contributed by atoms with Gasteiger partial charge >= 0.3 is 0 Å². The zero-order valence-electron chi connectivity index (χ0n) is 13.4. The van der Waals surface area contributed by atoms with Crippen molar-refractivity contribution < 1.29 is 8.42 Å². The van der Waals surface area contributed by atoms with Crippen LogP contribution < -0.4 is 10.0 Å². The van der Waals surface area contributed by atoms with Crippen LogP contribution in [0.2, 0.25) is 0 Å². The van der Waals surface area contributed by atoms with E-state index < -0.39 is 10.0 Å². The third-order valence-electron chi connectivity index (χ3n) is 4.93. The summed E-state index contributed by atoms with van der Waals surface area (Å²) in [5, 5.41) is 3.14. The molecule has 1 aromatic rings. The predicted molar refractivity (Wildman–Crippen MR) is 84.7 cm³/mol. The quantitative estimate of drug-likeness (QED) is 0.847. The van der Waals surface area contributed by atoms with Crippen molar-refractivity contribution >= 4 is 15.7 Å². The smallest absolute Gasteiger partial charge is 0.244 e. The molecule has 6 heteroatoms. The highest BCUT2D eigenvalue weighted by Crippen LogP contribution is 2.63. The van der Waals surface area contributed by atoms with Crippen molar-refractivity contribution in [3.05, 3.63) is 18.5 Å². The molecular weight excluding hydrogens is 286 g/mol. The first-order valence-electron chi connectivity index (χ1n) is 7.35. The number of aromatic nitrogens is 1. The molecule has 0 saturated heterocycles. The molecule has 1 heterocycles. The number of anilines is 1. The van der Waals surface area contributed by atoms with Crippen molar-refractivity contribution in [2.24, 2.45) is 10.8 Å². The maximum Gasteiger partial charge on any atom is 0.244 e. The van der Waals surface area contributed by atoms with Crippen LogP contribution in [0, 0.1) is 10.8 Å². The number of hydrogen-bond donors (Lipinski definition) is 2. The van der Waals surface area contributed by atoms with Gasteiger partial charge in [-0.15, -0.1) is 0 Å². The summed E-state index contributed by atoms with van der Waals surface area (Å²) in [5.74, 6) is 0. The second-order valence-corrected chi connectivity index (χ2v) is 8.48. The van der Waals surface area contributed by atoms with Gasteiger partial charge in [-0.25, -0.2) is 13.1 Å². The molecule has 1 fully saturated rings. The van der Waals surface area contributed by atoms with E-state index in [9.17, 15) is 8.42 Å². The summed E-state index contributed by atoms with van der Waals surface area (Å²) in [5.41, 5.74) is 0.522. The Kier molecular flexibility index (Phi) is 4.06. The number of rotatable bonds is 6. The Hall–Kier alpha value is -1.14. The van der Waals surface area contributed by atoms with Gasteiger partial charge < -0.3 is 5.32 Å². The van der Waals surface area contributed by atoms with Gasteiger partial charge in [-0.3, -0.25) is 4.98 Å². The summed E-state index contributed by atoms with van der Waals surface area (Å²) < 4.78 is 28.1. The summed E-state index contributed by atoms with van der Waals surface area (Å²) in [6, 6.07) is 1.64. The highest BCUT2D eigenvalue weighted by Gasteiger charge is 2.66. The molecule has 1 aromatic heterocycles. The molecule has 0 spiro atoms. The van der Waals surface area contributed by atoms with Crippen LogP contribution in [0.25, 0.3) is 0 Å². The number of pyridine rings is 1. The predicted octanol–water partition coefficient (Wildman–Crippen LogP) is 2.62. The normalized spacial score (nSPS) is 20.2. The maximum atomic E-state index is 12.7. The molecule has 0 amide bonds. The molecule has 2 N–H and O–H groups in total. The molecule has 0 atom stereocenters. The van der Waals surface area contributed by atoms with Crippen molar-refractivity contribution in [3.63, 3.8) is 0 Å². The lowest BCUT2D eigenvalue weighted by molar-refractivity contribution is 0.457. The van der Waals surface area contributed by atoms with Crippen LogP contribution in [-0.4, -0.2) is 26.0 Å². The minimum Gasteiger partial charge on any atom is -0.384 e. The van der Waals surface area contributed by atoms with Crippen molar-refractivity contribution in [1.29, 1.82) is 0 Å². The van der Waals surface area contributed by atoms with Gasteiger partial charge in [0.2, 0.25) is 10.0 Å². The molecule has 21 heavy (non-hydrogen) atoms. The first kappa shape index (κ1) is 16.2. The summed E-state index contributed by atoms with van der Waals surface area (Å²) in [7, 11) is -3.58. The minimum atomic E-state index is -3.58. The zero-order chi connectivity index (χ0) is 15.9. The molecule has 1 aliphatic carbocycles. The van der Waals surface area contributed by atoms with Gasteiger partial charge in [0.25, 0.3) is 0 Å². The van der Waals surface area contributed by atoms with Gasteiger partial charge in [0.15, 0.2) is 0 Å². The molecular formula is C15H25N3O2S. The SMILES string of the molecule is CCCNc1ccncc1S(=O)(=O)NC1C(C)(C)C1(C)C. The molecule has 0 aliphatic heterocycles. The van der Waals surface area contributed by atoms with Crippen LogP contribution in [-0.2, 0) is 10.0 Å². The van der Waals surface area contributed by atoms with Crippen molar-refractivity contribution in [3.8, 4) is 0 Å². The van der Waals surface area contributed by atoms with E-state index in [1.165, 1.54) is 6.20 Å². The molecule has 2 rings (SSSR count). The lowest BCUT2D eigenvalue weighted by Gasteiger charge is -2.13. The highest BCUT2D eigenvalue weighted by atomic mass is 32.2. The lowest BCUT2D eigenvalue weighted by Crippen LogP contribution is -2.30. The van der Waals surface area contributed by atoms with E-state index in [-0.39, 0.29) is 21.8 Å². The summed E-state index contributed by atoms with van der Waals surface area (Å²) in [6.45, 7) is 11.1. The third kappa shape index (κ3) is 2.79. The van der Waals surface area contributed by atoms with Crippen LogP contribution in [0.4, 0.5) is 5.69 Å². The molecule has 0 bridgehead atoms. The monoisotopic (exact) mass is 311 g/mol. The van der Waals surface area contributed by atoms with E-state index in [0.29, 0.717) is 5.69 Å². The highest BCUT2D eigenvalue weighted by molar-refractivity contribution is 7.89. The lowest BCUT2D eigenvalue weighted by atomic mass is 10.0. The van der Waals surface area contributed by atoms with E-state index in [1.54, 1.807) is 12.3 Å². The summed E-state index contributed by atoms with van der Waals surface area (Å²) >= 11 is 0. The van der Waals surface area contributed by atoms with Gasteiger partial charge in [-0.05, 0) is 23.3 Å². The van der Waals surface area contributed by atoms with Gasteiger partial charge in [-0.1, -0.05) is 34.6 Å². The standard InChI is InChI=1S/C15H25N3O2S/c1-6-8-17-11-7-9-16-10-12(11)21(19,20)18-13-14(2,3)15(13,4)5/h7,9-10,13,18H,6,8H2,1-5H3,(H,16,17). The Balaban J connectivity index is 2.25. The second kappa shape index (κ2) is 5.25. The first-order chi connectivity index (χ1) is 9.64. The average Bonchev–Trinajstić information content (AvgIpc) is 2.78. The van der Waals surface area contributed by atoms with E-state index in [2.05, 4.69) is 42.7 Å². The van der Waals surface area contributed by atoms with Crippen LogP contribution in [0.1, 0.15) is 41.0 Å². The Morgan fingerprint density at radius 3 is 2.38 bits per heavy atom. The number of sulfonamides is 1. The largest absolute Gasteiger partial charge is 0.384 e. The summed E-state index contributed by atoms with van der Waals surface area (Å²) in [4.78, 5) is 4.18. The van der Waals surface area contributed by atoms with Crippen molar-refractivity contribution in [1.82, 2.24) is 9.71 Å². The van der Waals surface area contributed by atoms with Gasteiger partial charge in [0.05, 0.1) is 5.69 Å². The molecule has 5 nitrogen and oxygen atoms in total. The topological polar surface area (TPSA) is 71.1 Å². The molecule has 1 saturated carbocycles. The van der Waals surface area contributed by atoms with E-state index in [4.69, 9.17) is 0 Å². The number of nitrogens with one attached hydrogen (secondary N) is 2. The van der Waals surface area contributed by atoms with E-state index in [1.807, 2.05) is 6.92 Å². The molecule has 0 unspecified atom stereocenters. The number of hydrogen-bond acceptors (Lipinski definition) is 4. The number of nitrogens with zero attached hydrogens (tertiary/aromatic N) is 1. The fraction of sp³-hybridized carbons (Fsp3) is 0.667. The van der Waals surface area contributed by atoms with Gasteiger partial charge in [0, 0.05) is 25.0 Å². The Morgan fingerprint density at radius 1 is 1.24 bits per heavy atom. The molecule has 1 aliphatic rings. The van der Waals surface area contributed by atoms with Crippen molar-refractivity contribution in [2.45, 2.75) is 52.0 Å². The fourth-order valence-corrected chi connectivity index (χ4v) is 4.37. The molecule has 0 radical (unpaired) electrons. The Labute approximate surface area is 127 Å². The van der Waals surface area contributed by atoms with E-state index >= 15 is 0 Å². The molecule has 0 aromatic carbocycles. The second-order valence-electron chi connectivity index (χ2n) is 6.80. The van der Waals surface area contributed by atoms with Gasteiger partial charge in [0.1, 0.15) is 4.90 Å². The van der Waals surface area contributed by atoms with Crippen LogP contribution in [0.15, 0.2) is 23.4 Å². The van der Waals surface area contributed by atoms with E-state index in [0.717, 1.165) is 13.0 Å². The van der Waals surface area contributed by atoms with Crippen LogP contribution in [0.3, 0.4) is 0 Å². The summed E-state index contributed by atoms with van der Waals surface area (Å²) in [6.07, 6.45) is 3.93. The zero-order valence-corrected chi connectivity index (χ0v) is 14.2. The third-order valence-corrected chi connectivity index (χ3v) is 6.38. The van der Waals surface area contributed by atoms with Crippen LogP contribution in [0.5, 0.6) is 0 Å². The maximum absolute atomic E-state index is 12.7. The molecule has 118 valence electrons. The van der Waals surface area contributed by atoms with Crippen LogP contribution >= 0.6 is 0 Å². The Morgan fingerprint density at radius 2 is 1.86 bits per heavy atom. The van der Waals surface area contributed by atoms with Gasteiger partial charge in [-0.2, -0.15) is 0 Å². The Bertz CT molecular complexity index is 610. The minimum absolute atomic E-state index is 0.0424.